The van der Waals surface area contributed by atoms with Gasteiger partial charge in [0.2, 0.25) is 0 Å². The van der Waals surface area contributed by atoms with Crippen molar-refractivity contribution in [3.8, 4) is 0 Å². The Hall–Kier alpha value is -0.900. The standard InChI is InChI=1S/C21H34O2.C21H32O.4CH4/c1-13(22)18-6-7-19-17-5-4-14-12-20(2,23)10-8-15(14)16(17)9-11-21(18,19)3;1-4-15-6-8-19-18-7-5-14-13-20(2,22)11-9-16(14)17(18)10-12-21(15,19)3;;;;/h4,13,15-19,22-23H,5-12H2,1-3H3;4-5,16-19,22H,6-13H2,1-3H3;4*1H4/b;15-4-;;;;/t13?,15-,16+,17+,18+,19-,20-,21+;16-,17+,18+,19-,20-,21+;;;;/m00..../s1. The highest BCUT2D eigenvalue weighted by molar-refractivity contribution is 5.27. The van der Waals surface area contributed by atoms with Gasteiger partial charge < -0.3 is 15.3 Å². The number of fused-ring (bicyclic) bond motifs is 10. The van der Waals surface area contributed by atoms with Gasteiger partial charge in [-0.25, -0.2) is 0 Å². The number of aliphatic hydroxyl groups excluding tert-OH is 1. The summed E-state index contributed by atoms with van der Waals surface area (Å²) in [4.78, 5) is 0. The Morgan fingerprint density at radius 1 is 0.653 bits per heavy atom. The maximum Gasteiger partial charge on any atom is 0.0657 e. The normalized spacial score (nSPS) is 48.9. The summed E-state index contributed by atoms with van der Waals surface area (Å²) in [7, 11) is 0. The first-order valence-corrected chi connectivity index (χ1v) is 19.4. The lowest BCUT2D eigenvalue weighted by molar-refractivity contribution is -0.0527. The molecule has 0 saturated heterocycles. The fourth-order valence-electron chi connectivity index (χ4n) is 14.1. The summed E-state index contributed by atoms with van der Waals surface area (Å²) in [5.41, 5.74) is 4.87. The van der Waals surface area contributed by atoms with Crippen molar-refractivity contribution < 1.29 is 15.3 Å². The Morgan fingerprint density at radius 3 is 1.67 bits per heavy atom. The number of allylic oxidation sites excluding steroid dienone is 4. The molecule has 0 aromatic carbocycles. The van der Waals surface area contributed by atoms with Gasteiger partial charge in [0, 0.05) is 0 Å². The molecule has 0 aromatic heterocycles. The van der Waals surface area contributed by atoms with Crippen molar-refractivity contribution in [3.63, 3.8) is 0 Å². The maximum absolute atomic E-state index is 10.4. The predicted octanol–water partition coefficient (Wildman–Crippen LogP) is 12.1. The van der Waals surface area contributed by atoms with Crippen LogP contribution in [0.1, 0.15) is 174 Å². The van der Waals surface area contributed by atoms with Crippen LogP contribution >= 0.6 is 0 Å². The molecule has 1 unspecified atom stereocenters. The summed E-state index contributed by atoms with van der Waals surface area (Å²) >= 11 is 0. The summed E-state index contributed by atoms with van der Waals surface area (Å²) < 4.78 is 0. The van der Waals surface area contributed by atoms with Crippen molar-refractivity contribution in [2.24, 2.45) is 64.1 Å². The van der Waals surface area contributed by atoms with Crippen LogP contribution in [0, 0.1) is 64.1 Å². The molecule has 0 aliphatic heterocycles. The molecule has 0 amide bonds. The number of rotatable bonds is 1. The van der Waals surface area contributed by atoms with Gasteiger partial charge in [0.15, 0.2) is 0 Å². The Morgan fingerprint density at radius 2 is 1.16 bits per heavy atom. The lowest BCUT2D eigenvalue weighted by Gasteiger charge is -2.54. The van der Waals surface area contributed by atoms with Gasteiger partial charge in [-0.05, 0) is 195 Å². The van der Waals surface area contributed by atoms with E-state index in [0.717, 1.165) is 73.0 Å². The molecule has 14 atom stereocenters. The van der Waals surface area contributed by atoms with E-state index in [-0.39, 0.29) is 35.8 Å². The molecule has 0 bridgehead atoms. The minimum atomic E-state index is -0.469. The molecule has 0 radical (unpaired) electrons. The highest BCUT2D eigenvalue weighted by Crippen LogP contribution is 2.65. The molecule has 49 heavy (non-hydrogen) atoms. The van der Waals surface area contributed by atoms with Crippen LogP contribution in [0.15, 0.2) is 34.9 Å². The number of hydrogen-bond acceptors (Lipinski definition) is 3. The Balaban J connectivity index is 0.000000246. The van der Waals surface area contributed by atoms with E-state index in [2.05, 4.69) is 39.0 Å². The Kier molecular flexibility index (Phi) is 13.2. The van der Waals surface area contributed by atoms with E-state index < -0.39 is 11.2 Å². The second kappa shape index (κ2) is 15.2. The molecule has 6 fully saturated rings. The molecule has 8 rings (SSSR count). The molecule has 0 aromatic rings. The molecule has 6 saturated carbocycles. The minimum Gasteiger partial charge on any atom is -0.393 e. The first kappa shape index (κ1) is 42.5. The quantitative estimate of drug-likeness (QED) is 0.241. The van der Waals surface area contributed by atoms with Gasteiger partial charge in [0.05, 0.1) is 17.3 Å². The van der Waals surface area contributed by atoms with Gasteiger partial charge in [-0.2, -0.15) is 0 Å². The van der Waals surface area contributed by atoms with Gasteiger partial charge in [0.25, 0.3) is 0 Å². The highest BCUT2D eigenvalue weighted by atomic mass is 16.3. The number of hydrogen-bond donors (Lipinski definition) is 3. The monoisotopic (exact) mass is 683 g/mol. The Bertz CT molecular complexity index is 1220. The van der Waals surface area contributed by atoms with Gasteiger partial charge >= 0.3 is 0 Å². The second-order valence-corrected chi connectivity index (χ2v) is 18.8. The second-order valence-electron chi connectivity index (χ2n) is 18.8. The first-order chi connectivity index (χ1) is 21.3. The van der Waals surface area contributed by atoms with Gasteiger partial charge in [-0.1, -0.05) is 78.5 Å². The predicted molar refractivity (Wildman–Crippen MR) is 211 cm³/mol. The molecular formula is C46H82O3. The third kappa shape index (κ3) is 7.23. The Labute approximate surface area is 304 Å². The molecule has 3 N–H and O–H groups in total. The molecule has 284 valence electrons. The smallest absolute Gasteiger partial charge is 0.0657 e. The van der Waals surface area contributed by atoms with E-state index >= 15 is 0 Å². The minimum absolute atomic E-state index is 0. The average molecular weight is 683 g/mol. The zero-order valence-corrected chi connectivity index (χ0v) is 29.7. The van der Waals surface area contributed by atoms with Crippen LogP contribution in [-0.2, 0) is 0 Å². The first-order valence-electron chi connectivity index (χ1n) is 19.4. The van der Waals surface area contributed by atoms with Crippen LogP contribution in [0.2, 0.25) is 0 Å². The molecule has 3 heteroatoms. The molecular weight excluding hydrogens is 601 g/mol. The third-order valence-corrected chi connectivity index (χ3v) is 16.3. The topological polar surface area (TPSA) is 60.7 Å². The fourth-order valence-corrected chi connectivity index (χ4v) is 14.1. The lowest BCUT2D eigenvalue weighted by Crippen LogP contribution is -2.48. The molecule has 8 aliphatic carbocycles. The van der Waals surface area contributed by atoms with Crippen LogP contribution in [0.3, 0.4) is 0 Å². The summed E-state index contributed by atoms with van der Waals surface area (Å²) in [6.45, 7) is 13.3. The van der Waals surface area contributed by atoms with Crippen LogP contribution < -0.4 is 0 Å². The SMILES string of the molecule is C.C.C.C.C/C=C1/CC[C@H]2[C@@H]3CC=C4C[C@@](C)(O)CC[C@@H]4[C@H]3CC[C@]12C.CC(O)[C@H]1CC[C@H]2[C@@H]3CC=C4C[C@@](C)(O)CC[C@@H]4[C@H]3CC[C@]12C. The van der Waals surface area contributed by atoms with Crippen molar-refractivity contribution in [1.29, 1.82) is 0 Å². The number of aliphatic hydroxyl groups is 3. The van der Waals surface area contributed by atoms with Gasteiger partial charge in [0.1, 0.15) is 0 Å². The maximum atomic E-state index is 10.4. The molecule has 0 heterocycles. The van der Waals surface area contributed by atoms with E-state index in [4.69, 9.17) is 0 Å². The fraction of sp³-hybridized carbons (Fsp3) is 0.870. The largest absolute Gasteiger partial charge is 0.393 e. The zero-order chi connectivity index (χ0) is 31.9. The molecule has 3 nitrogen and oxygen atoms in total. The van der Waals surface area contributed by atoms with Gasteiger partial charge in [-0.3, -0.25) is 0 Å². The van der Waals surface area contributed by atoms with Crippen LogP contribution in [0.4, 0.5) is 0 Å². The van der Waals surface area contributed by atoms with E-state index in [1.54, 1.807) is 16.7 Å². The zero-order valence-electron chi connectivity index (χ0n) is 29.7. The van der Waals surface area contributed by atoms with Crippen molar-refractivity contribution >= 4 is 0 Å². The average Bonchev–Trinajstić information content (AvgIpc) is 3.52. The molecule has 0 spiro atoms. The summed E-state index contributed by atoms with van der Waals surface area (Å²) in [6, 6.07) is 0. The third-order valence-electron chi connectivity index (χ3n) is 16.3. The molecule has 8 aliphatic rings. The summed E-state index contributed by atoms with van der Waals surface area (Å²) in [5, 5.41) is 31.1. The van der Waals surface area contributed by atoms with Crippen molar-refractivity contribution in [2.45, 2.75) is 191 Å². The van der Waals surface area contributed by atoms with E-state index in [1.165, 1.54) is 77.0 Å². The summed E-state index contributed by atoms with van der Waals surface area (Å²) in [6.07, 6.45) is 26.8. The summed E-state index contributed by atoms with van der Waals surface area (Å²) in [5.74, 6) is 7.25. The van der Waals surface area contributed by atoms with E-state index in [9.17, 15) is 15.3 Å². The van der Waals surface area contributed by atoms with Crippen molar-refractivity contribution in [3.05, 3.63) is 34.9 Å². The van der Waals surface area contributed by atoms with E-state index in [1.807, 2.05) is 20.8 Å². The van der Waals surface area contributed by atoms with Crippen molar-refractivity contribution in [1.82, 2.24) is 0 Å². The van der Waals surface area contributed by atoms with Gasteiger partial charge in [-0.15, -0.1) is 0 Å². The van der Waals surface area contributed by atoms with Crippen LogP contribution in [0.25, 0.3) is 0 Å². The van der Waals surface area contributed by atoms with E-state index in [0.29, 0.717) is 16.7 Å². The lowest BCUT2D eigenvalue weighted by atomic mass is 9.51. The van der Waals surface area contributed by atoms with Crippen molar-refractivity contribution in [2.75, 3.05) is 0 Å². The van der Waals surface area contributed by atoms with Crippen LogP contribution in [-0.4, -0.2) is 32.6 Å². The van der Waals surface area contributed by atoms with Crippen LogP contribution in [0.5, 0.6) is 0 Å². The highest BCUT2D eigenvalue weighted by Gasteiger charge is 2.57.